The third kappa shape index (κ3) is 4.21. The highest BCUT2D eigenvalue weighted by atomic mass is 16.5. The first-order valence-electron chi connectivity index (χ1n) is 10.9. The molecule has 0 aromatic heterocycles. The average molecular weight is 402 g/mol. The van der Waals surface area contributed by atoms with Gasteiger partial charge in [-0.15, -0.1) is 0 Å². The van der Waals surface area contributed by atoms with Crippen molar-refractivity contribution in [2.24, 2.45) is 23.2 Å². The Bertz CT molecular complexity index is 739. The number of ether oxygens (including phenoxy) is 3. The van der Waals surface area contributed by atoms with E-state index in [1.807, 2.05) is 13.8 Å². The summed E-state index contributed by atoms with van der Waals surface area (Å²) >= 11 is 0. The fourth-order valence-corrected chi connectivity index (χ4v) is 5.97. The van der Waals surface area contributed by atoms with E-state index in [1.165, 1.54) is 19.3 Å². The maximum Gasteiger partial charge on any atom is 0.312 e. The highest BCUT2D eigenvalue weighted by molar-refractivity contribution is 5.93. The Balaban J connectivity index is 1.33. The zero-order valence-electron chi connectivity index (χ0n) is 17.4. The smallest absolute Gasteiger partial charge is 0.312 e. The maximum atomic E-state index is 12.9. The molecule has 6 heteroatoms. The van der Waals surface area contributed by atoms with Gasteiger partial charge in [0.05, 0.1) is 18.6 Å². The fraction of sp³-hybridized carbons (Fsp3) is 0.652. The van der Waals surface area contributed by atoms with Gasteiger partial charge in [-0.25, -0.2) is 0 Å². The van der Waals surface area contributed by atoms with E-state index >= 15 is 0 Å². The summed E-state index contributed by atoms with van der Waals surface area (Å²) in [5, 5.41) is 2.79. The molecule has 1 aromatic carbocycles. The number of carbonyl (C=O) groups excluding carboxylic acids is 2. The van der Waals surface area contributed by atoms with Crippen LogP contribution in [-0.2, 0) is 14.3 Å². The van der Waals surface area contributed by atoms with Crippen LogP contribution >= 0.6 is 0 Å². The van der Waals surface area contributed by atoms with Gasteiger partial charge in [0.25, 0.3) is 5.91 Å². The van der Waals surface area contributed by atoms with Gasteiger partial charge in [-0.3, -0.25) is 9.59 Å². The summed E-state index contributed by atoms with van der Waals surface area (Å²) < 4.78 is 16.6. The van der Waals surface area contributed by atoms with Gasteiger partial charge in [0, 0.05) is 11.8 Å². The number of rotatable bonds is 8. The lowest BCUT2D eigenvalue weighted by Gasteiger charge is -2.55. The maximum absolute atomic E-state index is 12.9. The van der Waals surface area contributed by atoms with Crippen LogP contribution in [-0.4, -0.2) is 31.7 Å². The van der Waals surface area contributed by atoms with Gasteiger partial charge in [-0.05, 0) is 82.3 Å². The molecule has 4 aliphatic carbocycles. The van der Waals surface area contributed by atoms with Gasteiger partial charge < -0.3 is 19.5 Å². The second kappa shape index (κ2) is 8.25. The summed E-state index contributed by atoms with van der Waals surface area (Å²) in [6.07, 6.45) is 6.63. The van der Waals surface area contributed by atoms with Crippen molar-refractivity contribution in [2.75, 3.05) is 25.1 Å². The Kier molecular flexibility index (Phi) is 5.70. The minimum atomic E-state index is -0.338. The lowest BCUT2D eigenvalue weighted by Crippen LogP contribution is -2.50. The van der Waals surface area contributed by atoms with Crippen molar-refractivity contribution >= 4 is 17.6 Å². The zero-order valence-corrected chi connectivity index (χ0v) is 17.4. The summed E-state index contributed by atoms with van der Waals surface area (Å²) in [6, 6.07) is 5.26. The fourth-order valence-electron chi connectivity index (χ4n) is 5.97. The van der Waals surface area contributed by atoms with Crippen LogP contribution in [0.4, 0.5) is 5.69 Å². The summed E-state index contributed by atoms with van der Waals surface area (Å²) in [5.41, 5.74) is 0.254. The molecule has 0 aliphatic heterocycles. The minimum Gasteiger partial charge on any atom is -0.490 e. The molecule has 0 unspecified atom stereocenters. The molecular weight excluding hydrogens is 370 g/mol. The molecule has 0 heterocycles. The molecule has 1 aromatic rings. The summed E-state index contributed by atoms with van der Waals surface area (Å²) in [5.74, 6) is 2.72. The summed E-state index contributed by atoms with van der Waals surface area (Å²) in [4.78, 5) is 25.2. The van der Waals surface area contributed by atoms with Gasteiger partial charge in [0.1, 0.15) is 0 Å². The molecule has 4 bridgehead atoms. The number of hydrogen-bond acceptors (Lipinski definition) is 5. The van der Waals surface area contributed by atoms with Crippen molar-refractivity contribution < 1.29 is 23.8 Å². The first kappa shape index (κ1) is 20.0. The first-order chi connectivity index (χ1) is 14.0. The Morgan fingerprint density at radius 2 is 1.55 bits per heavy atom. The van der Waals surface area contributed by atoms with E-state index in [0.717, 1.165) is 19.3 Å². The van der Waals surface area contributed by atoms with Crippen LogP contribution in [0.25, 0.3) is 0 Å². The molecule has 0 spiro atoms. The largest absolute Gasteiger partial charge is 0.490 e. The van der Waals surface area contributed by atoms with Crippen molar-refractivity contribution in [2.45, 2.75) is 52.4 Å². The molecule has 6 nitrogen and oxygen atoms in total. The Labute approximate surface area is 172 Å². The number of nitrogens with one attached hydrogen (secondary N) is 1. The van der Waals surface area contributed by atoms with Crippen LogP contribution in [0.15, 0.2) is 18.2 Å². The predicted molar refractivity (Wildman–Crippen MR) is 109 cm³/mol. The van der Waals surface area contributed by atoms with E-state index in [0.29, 0.717) is 48.2 Å². The Morgan fingerprint density at radius 3 is 2.14 bits per heavy atom. The molecule has 0 saturated heterocycles. The molecule has 4 aliphatic rings. The highest BCUT2D eigenvalue weighted by Crippen LogP contribution is 2.60. The molecule has 0 radical (unpaired) electrons. The Morgan fingerprint density at radius 1 is 0.966 bits per heavy atom. The minimum absolute atomic E-state index is 0.173. The summed E-state index contributed by atoms with van der Waals surface area (Å²) in [7, 11) is 0. The molecule has 4 fully saturated rings. The van der Waals surface area contributed by atoms with Crippen molar-refractivity contribution in [3.63, 3.8) is 0 Å². The van der Waals surface area contributed by atoms with Crippen LogP contribution in [0.2, 0.25) is 0 Å². The van der Waals surface area contributed by atoms with E-state index in [1.54, 1.807) is 18.2 Å². The molecule has 5 rings (SSSR count). The van der Waals surface area contributed by atoms with E-state index < -0.39 is 0 Å². The predicted octanol–water partition coefficient (Wildman–Crippen LogP) is 4.18. The molecule has 158 valence electrons. The van der Waals surface area contributed by atoms with Crippen LogP contribution in [0.5, 0.6) is 11.5 Å². The quantitative estimate of drug-likeness (QED) is 0.662. The molecule has 0 atom stereocenters. The molecule has 1 N–H and O–H groups in total. The van der Waals surface area contributed by atoms with Crippen molar-refractivity contribution in [1.82, 2.24) is 0 Å². The van der Waals surface area contributed by atoms with Gasteiger partial charge in [0.2, 0.25) is 0 Å². The number of carbonyl (C=O) groups is 2. The third-order valence-corrected chi connectivity index (χ3v) is 6.63. The van der Waals surface area contributed by atoms with E-state index in [-0.39, 0.29) is 23.9 Å². The van der Waals surface area contributed by atoms with Crippen LogP contribution < -0.4 is 14.8 Å². The van der Waals surface area contributed by atoms with Crippen LogP contribution in [0, 0.1) is 23.2 Å². The van der Waals surface area contributed by atoms with Gasteiger partial charge in [0.15, 0.2) is 18.1 Å². The lowest BCUT2D eigenvalue weighted by molar-refractivity contribution is -0.172. The lowest BCUT2D eigenvalue weighted by atomic mass is 9.49. The van der Waals surface area contributed by atoms with Crippen molar-refractivity contribution in [3.8, 4) is 11.5 Å². The second-order valence-corrected chi connectivity index (χ2v) is 8.85. The zero-order chi connectivity index (χ0) is 20.4. The summed E-state index contributed by atoms with van der Waals surface area (Å²) in [6.45, 7) is 4.58. The van der Waals surface area contributed by atoms with Crippen LogP contribution in [0.3, 0.4) is 0 Å². The molecule has 4 saturated carbocycles. The van der Waals surface area contributed by atoms with Gasteiger partial charge >= 0.3 is 5.97 Å². The Hall–Kier alpha value is -2.24. The standard InChI is InChI=1S/C23H31NO5/c1-3-27-19-6-5-18(10-20(19)28-4-2)24-21(25)14-29-22(26)23-11-15-7-16(12-23)9-17(8-15)13-23/h5-6,10,15-17H,3-4,7-9,11-14H2,1-2H3,(H,24,25). The number of esters is 1. The number of benzene rings is 1. The van der Waals surface area contributed by atoms with E-state index in [2.05, 4.69) is 5.32 Å². The van der Waals surface area contributed by atoms with Gasteiger partial charge in [-0.1, -0.05) is 0 Å². The van der Waals surface area contributed by atoms with Crippen LogP contribution in [0.1, 0.15) is 52.4 Å². The normalized spacial score (nSPS) is 29.4. The highest BCUT2D eigenvalue weighted by Gasteiger charge is 2.55. The van der Waals surface area contributed by atoms with Gasteiger partial charge in [-0.2, -0.15) is 0 Å². The second-order valence-electron chi connectivity index (χ2n) is 8.85. The van der Waals surface area contributed by atoms with E-state index in [4.69, 9.17) is 14.2 Å². The third-order valence-electron chi connectivity index (χ3n) is 6.63. The molecular formula is C23H31NO5. The molecule has 1 amide bonds. The number of anilines is 1. The average Bonchev–Trinajstić information content (AvgIpc) is 2.67. The topological polar surface area (TPSA) is 73.9 Å². The van der Waals surface area contributed by atoms with E-state index in [9.17, 15) is 9.59 Å². The first-order valence-corrected chi connectivity index (χ1v) is 10.9. The monoisotopic (exact) mass is 401 g/mol. The van der Waals surface area contributed by atoms with Crippen molar-refractivity contribution in [1.29, 1.82) is 0 Å². The number of hydrogen-bond donors (Lipinski definition) is 1. The number of amides is 1. The van der Waals surface area contributed by atoms with Crippen molar-refractivity contribution in [3.05, 3.63) is 18.2 Å². The molecule has 29 heavy (non-hydrogen) atoms. The SMILES string of the molecule is CCOc1ccc(NC(=O)COC(=O)C23CC4CC(CC(C4)C2)C3)cc1OCC.